The van der Waals surface area contributed by atoms with Crippen LogP contribution in [0.15, 0.2) is 24.5 Å². The van der Waals surface area contributed by atoms with E-state index in [2.05, 4.69) is 32.6 Å². The molecule has 0 saturated carbocycles. The van der Waals surface area contributed by atoms with E-state index >= 15 is 0 Å². The van der Waals surface area contributed by atoms with E-state index in [9.17, 15) is 8.42 Å². The molecule has 1 fully saturated rings. The lowest BCUT2D eigenvalue weighted by Crippen LogP contribution is -2.42. The van der Waals surface area contributed by atoms with Crippen molar-refractivity contribution in [3.8, 4) is 0 Å². The van der Waals surface area contributed by atoms with Gasteiger partial charge >= 0.3 is 0 Å². The van der Waals surface area contributed by atoms with Gasteiger partial charge in [0.15, 0.2) is 0 Å². The lowest BCUT2D eigenvalue weighted by molar-refractivity contribution is 0.435. The number of sulfonamides is 1. The number of hydrogen-bond acceptors (Lipinski definition) is 5. The Morgan fingerprint density at radius 1 is 1.29 bits per heavy atom. The van der Waals surface area contributed by atoms with E-state index in [4.69, 9.17) is 0 Å². The molecule has 1 saturated heterocycles. The van der Waals surface area contributed by atoms with E-state index in [-0.39, 0.29) is 0 Å². The zero-order chi connectivity index (χ0) is 17.2. The topological polar surface area (TPSA) is 75.2 Å². The summed E-state index contributed by atoms with van der Waals surface area (Å²) in [4.78, 5) is 11.3. The van der Waals surface area contributed by atoms with Gasteiger partial charge in [0, 0.05) is 24.5 Å². The van der Waals surface area contributed by atoms with Gasteiger partial charge in [0.05, 0.1) is 11.8 Å². The third-order valence-electron chi connectivity index (χ3n) is 4.59. The Labute approximate surface area is 143 Å². The van der Waals surface area contributed by atoms with Crippen LogP contribution in [0.4, 0.5) is 5.82 Å². The van der Waals surface area contributed by atoms with Crippen molar-refractivity contribution in [1.82, 2.24) is 14.7 Å². The Morgan fingerprint density at radius 2 is 2.12 bits per heavy atom. The molecule has 130 valence electrons. The third-order valence-corrected chi connectivity index (χ3v) is 5.32. The highest BCUT2D eigenvalue weighted by Gasteiger charge is 2.25. The number of benzene rings is 1. The molecule has 3 rings (SSSR count). The van der Waals surface area contributed by atoms with Crippen molar-refractivity contribution in [2.24, 2.45) is 0 Å². The highest BCUT2D eigenvalue weighted by molar-refractivity contribution is 7.88. The predicted octanol–water partition coefficient (Wildman–Crippen LogP) is 2.24. The first-order valence-electron chi connectivity index (χ1n) is 8.37. The second-order valence-electron chi connectivity index (χ2n) is 6.46. The van der Waals surface area contributed by atoms with Crippen molar-refractivity contribution in [3.05, 3.63) is 30.1 Å². The summed E-state index contributed by atoms with van der Waals surface area (Å²) in [6.45, 7) is 3.49. The second kappa shape index (κ2) is 7.03. The number of hydrogen-bond donors (Lipinski definition) is 1. The Kier molecular flexibility index (Phi) is 5.01. The fourth-order valence-corrected chi connectivity index (χ4v) is 3.96. The van der Waals surface area contributed by atoms with E-state index in [1.165, 1.54) is 18.2 Å². The fraction of sp³-hybridized carbons (Fsp3) is 0.529. The molecule has 0 unspecified atom stereocenters. The van der Waals surface area contributed by atoms with Gasteiger partial charge in [-0.05, 0) is 44.2 Å². The maximum Gasteiger partial charge on any atom is 0.208 e. The van der Waals surface area contributed by atoms with Crippen LogP contribution >= 0.6 is 0 Å². The summed E-state index contributed by atoms with van der Waals surface area (Å²) in [5.41, 5.74) is 2.13. The zero-order valence-corrected chi connectivity index (χ0v) is 15.0. The Balaban J connectivity index is 1.88. The van der Waals surface area contributed by atoms with Crippen molar-refractivity contribution < 1.29 is 8.42 Å². The largest absolute Gasteiger partial charge is 0.353 e. The van der Waals surface area contributed by atoms with Gasteiger partial charge in [-0.1, -0.05) is 12.1 Å². The van der Waals surface area contributed by atoms with Gasteiger partial charge in [-0.15, -0.1) is 0 Å². The predicted molar refractivity (Wildman–Crippen MR) is 96.7 cm³/mol. The molecule has 1 aliphatic rings. The molecule has 7 heteroatoms. The van der Waals surface area contributed by atoms with Crippen LogP contribution in [0.2, 0.25) is 0 Å². The number of aryl methyl sites for hydroxylation is 1. The number of nitrogens with zero attached hydrogens (tertiary/aromatic N) is 3. The molecule has 0 spiro atoms. The molecule has 0 aliphatic carbocycles. The van der Waals surface area contributed by atoms with E-state index < -0.39 is 10.0 Å². The van der Waals surface area contributed by atoms with Gasteiger partial charge in [-0.3, -0.25) is 0 Å². The van der Waals surface area contributed by atoms with Crippen LogP contribution in [-0.4, -0.2) is 43.8 Å². The number of aromatic nitrogens is 2. The summed E-state index contributed by atoms with van der Waals surface area (Å²) in [5, 5.41) is 1.10. The average molecular weight is 348 g/mol. The van der Waals surface area contributed by atoms with E-state index in [1.54, 1.807) is 6.33 Å². The lowest BCUT2D eigenvalue weighted by Gasteiger charge is -2.37. The highest BCUT2D eigenvalue weighted by atomic mass is 32.2. The van der Waals surface area contributed by atoms with Crippen LogP contribution in [0.5, 0.6) is 0 Å². The fourth-order valence-electron chi connectivity index (χ4n) is 3.47. The quantitative estimate of drug-likeness (QED) is 0.897. The van der Waals surface area contributed by atoms with Crippen LogP contribution < -0.4 is 9.62 Å². The standard InChI is InChI=1S/C17H24N4O2S/c1-13-6-5-8-15-16(13)17(19-12-18-15)21-11-4-3-7-14(21)9-10-20-24(2,22)23/h5-6,8,12,14,20H,3-4,7,9-11H2,1-2H3/t14-/m0/s1. The van der Waals surface area contributed by atoms with Crippen LogP contribution in [0.1, 0.15) is 31.2 Å². The van der Waals surface area contributed by atoms with Gasteiger partial charge in [-0.2, -0.15) is 0 Å². The highest BCUT2D eigenvalue weighted by Crippen LogP contribution is 2.31. The first-order chi connectivity index (χ1) is 11.5. The van der Waals surface area contributed by atoms with Crippen LogP contribution in [0.3, 0.4) is 0 Å². The molecule has 2 heterocycles. The molecule has 0 bridgehead atoms. The molecular formula is C17H24N4O2S. The molecule has 24 heavy (non-hydrogen) atoms. The molecule has 1 aromatic carbocycles. The second-order valence-corrected chi connectivity index (χ2v) is 8.30. The lowest BCUT2D eigenvalue weighted by atomic mass is 9.98. The van der Waals surface area contributed by atoms with E-state index in [0.29, 0.717) is 12.6 Å². The van der Waals surface area contributed by atoms with Crippen LogP contribution in [0, 0.1) is 6.92 Å². The van der Waals surface area contributed by atoms with Crippen molar-refractivity contribution in [3.63, 3.8) is 0 Å². The summed E-state index contributed by atoms with van der Waals surface area (Å²) in [6.07, 6.45) is 6.97. The Bertz CT molecular complexity index is 817. The van der Waals surface area contributed by atoms with Crippen LogP contribution in [0.25, 0.3) is 10.9 Å². The number of anilines is 1. The summed E-state index contributed by atoms with van der Waals surface area (Å²) in [7, 11) is -3.14. The molecular weight excluding hydrogens is 324 g/mol. The molecule has 0 amide bonds. The minimum absolute atomic E-state index is 0.297. The van der Waals surface area contributed by atoms with E-state index in [1.807, 2.05) is 12.1 Å². The number of nitrogens with one attached hydrogen (secondary N) is 1. The molecule has 1 N–H and O–H groups in total. The van der Waals surface area contributed by atoms with Gasteiger partial charge in [-0.25, -0.2) is 23.1 Å². The summed E-state index contributed by atoms with van der Waals surface area (Å²) in [5.74, 6) is 0.974. The third kappa shape index (κ3) is 3.84. The van der Waals surface area contributed by atoms with Gasteiger partial charge < -0.3 is 4.90 Å². The maximum absolute atomic E-state index is 11.3. The van der Waals surface area contributed by atoms with Crippen molar-refractivity contribution in [1.29, 1.82) is 0 Å². The molecule has 1 aliphatic heterocycles. The van der Waals surface area contributed by atoms with Crippen molar-refractivity contribution in [2.45, 2.75) is 38.6 Å². The molecule has 2 aromatic rings. The molecule has 0 radical (unpaired) electrons. The van der Waals surface area contributed by atoms with Crippen molar-refractivity contribution in [2.75, 3.05) is 24.2 Å². The Morgan fingerprint density at radius 3 is 2.92 bits per heavy atom. The SMILES string of the molecule is Cc1cccc2ncnc(N3CCCC[C@H]3CCNS(C)(=O)=O)c12. The normalized spacial score (nSPS) is 18.9. The first kappa shape index (κ1) is 17.1. The molecule has 1 atom stereocenters. The van der Waals surface area contributed by atoms with Gasteiger partial charge in [0.1, 0.15) is 12.1 Å². The first-order valence-corrected chi connectivity index (χ1v) is 10.3. The molecule has 6 nitrogen and oxygen atoms in total. The summed E-state index contributed by atoms with van der Waals surface area (Å²) >= 11 is 0. The smallest absolute Gasteiger partial charge is 0.208 e. The van der Waals surface area contributed by atoms with Gasteiger partial charge in [0.2, 0.25) is 10.0 Å². The maximum atomic E-state index is 11.3. The monoisotopic (exact) mass is 348 g/mol. The minimum atomic E-state index is -3.14. The van der Waals surface area contributed by atoms with Crippen molar-refractivity contribution >= 4 is 26.7 Å². The molecule has 1 aromatic heterocycles. The van der Waals surface area contributed by atoms with E-state index in [0.717, 1.165) is 42.5 Å². The number of piperidine rings is 1. The minimum Gasteiger partial charge on any atom is -0.353 e. The summed E-state index contributed by atoms with van der Waals surface area (Å²) < 4.78 is 25.2. The zero-order valence-electron chi connectivity index (χ0n) is 14.2. The number of rotatable bonds is 5. The summed E-state index contributed by atoms with van der Waals surface area (Å²) in [6, 6.07) is 6.40. The Hall–Kier alpha value is -1.73. The average Bonchev–Trinajstić information content (AvgIpc) is 2.54. The van der Waals surface area contributed by atoms with Gasteiger partial charge in [0.25, 0.3) is 0 Å². The van der Waals surface area contributed by atoms with Crippen LogP contribution in [-0.2, 0) is 10.0 Å². The number of fused-ring (bicyclic) bond motifs is 1.